The number of nitrogens with zero attached hydrogens (tertiary/aromatic N) is 4. The lowest BCUT2D eigenvalue weighted by atomic mass is 10.1. The Labute approximate surface area is 248 Å². The zero-order chi connectivity index (χ0) is 29.5. The van der Waals surface area contributed by atoms with Crippen LogP contribution < -0.4 is 24.6 Å². The predicted molar refractivity (Wildman–Crippen MR) is 160 cm³/mol. The van der Waals surface area contributed by atoms with Crippen LogP contribution in [0.4, 0.5) is 17.2 Å². The van der Waals surface area contributed by atoms with Gasteiger partial charge in [-0.1, -0.05) is 35.8 Å². The number of anilines is 3. The molecule has 2 aromatic carbocycles. The number of benzene rings is 2. The summed E-state index contributed by atoms with van der Waals surface area (Å²) in [6.45, 7) is 6.39. The van der Waals surface area contributed by atoms with Crippen LogP contribution in [0.15, 0.2) is 49.3 Å². The highest BCUT2D eigenvalue weighted by Gasteiger charge is 2.23. The number of morpholine rings is 1. The molecule has 0 bridgehead atoms. The van der Waals surface area contributed by atoms with Gasteiger partial charge in [0.1, 0.15) is 23.6 Å². The quantitative estimate of drug-likeness (QED) is 0.338. The number of aromatic nitrogens is 2. The van der Waals surface area contributed by atoms with Crippen LogP contribution in [-0.2, 0) is 27.2 Å². The summed E-state index contributed by atoms with van der Waals surface area (Å²) in [5, 5.41) is 3.37. The Hall–Kier alpha value is -3.86. The zero-order valence-electron chi connectivity index (χ0n) is 23.1. The van der Waals surface area contributed by atoms with Crippen LogP contribution in [0.2, 0.25) is 10.0 Å². The maximum Gasteiger partial charge on any atom is 0.247 e. The van der Waals surface area contributed by atoms with Crippen LogP contribution in [0.25, 0.3) is 0 Å². The normalized spacial score (nSPS) is 13.0. The van der Waals surface area contributed by atoms with Gasteiger partial charge in [0, 0.05) is 55.6 Å². The van der Waals surface area contributed by atoms with Crippen LogP contribution >= 0.6 is 23.2 Å². The Kier molecular flexibility index (Phi) is 10.0. The summed E-state index contributed by atoms with van der Waals surface area (Å²) in [5.41, 5.74) is 3.52. The van der Waals surface area contributed by atoms with Crippen molar-refractivity contribution in [3.8, 4) is 11.5 Å². The molecule has 1 aromatic heterocycles. The molecule has 1 aliphatic heterocycles. The summed E-state index contributed by atoms with van der Waals surface area (Å²) in [6.07, 6.45) is 2.90. The molecule has 0 saturated carbocycles. The average Bonchev–Trinajstić information content (AvgIpc) is 3.00. The molecule has 1 aliphatic rings. The molecule has 216 valence electrons. The van der Waals surface area contributed by atoms with Gasteiger partial charge in [0.05, 0.1) is 49.6 Å². The van der Waals surface area contributed by atoms with Gasteiger partial charge in [0.25, 0.3) is 0 Å². The molecule has 0 aliphatic carbocycles. The number of likely N-dealkylation sites (N-methyl/N-ethyl adjacent to an activating group) is 1. The highest BCUT2D eigenvalue weighted by atomic mass is 35.5. The lowest BCUT2D eigenvalue weighted by Crippen LogP contribution is -2.36. The summed E-state index contributed by atoms with van der Waals surface area (Å²) in [5.74, 6) is 0.472. The number of hydrogen-bond donors (Lipinski definition) is 1. The third kappa shape index (κ3) is 7.08. The first-order valence-electron chi connectivity index (χ1n) is 12.8. The molecule has 0 spiro atoms. The fourth-order valence-electron chi connectivity index (χ4n) is 4.39. The van der Waals surface area contributed by atoms with Gasteiger partial charge in [-0.2, -0.15) is 0 Å². The number of rotatable bonds is 10. The van der Waals surface area contributed by atoms with Crippen molar-refractivity contribution in [1.29, 1.82) is 0 Å². The topological polar surface area (TPSA) is 106 Å². The van der Waals surface area contributed by atoms with Crippen molar-refractivity contribution >= 4 is 52.2 Å². The molecule has 0 unspecified atom stereocenters. The van der Waals surface area contributed by atoms with Gasteiger partial charge in [0.2, 0.25) is 11.8 Å². The van der Waals surface area contributed by atoms with Gasteiger partial charge in [-0.25, -0.2) is 9.97 Å². The lowest BCUT2D eigenvalue weighted by molar-refractivity contribution is -0.117. The monoisotopic (exact) mass is 599 g/mol. The van der Waals surface area contributed by atoms with Gasteiger partial charge in [-0.15, -0.1) is 0 Å². The smallest absolute Gasteiger partial charge is 0.247 e. The molecule has 1 saturated heterocycles. The summed E-state index contributed by atoms with van der Waals surface area (Å²) in [6, 6.07) is 9.20. The molecule has 41 heavy (non-hydrogen) atoms. The maximum absolute atomic E-state index is 13.3. The van der Waals surface area contributed by atoms with Gasteiger partial charge in [-0.05, 0) is 23.8 Å². The summed E-state index contributed by atoms with van der Waals surface area (Å²) >= 11 is 12.9. The molecule has 0 atom stereocenters. The second-order valence-corrected chi connectivity index (χ2v) is 9.95. The van der Waals surface area contributed by atoms with E-state index in [1.54, 1.807) is 19.2 Å². The molecule has 3 aromatic rings. The van der Waals surface area contributed by atoms with Crippen LogP contribution in [0.1, 0.15) is 16.8 Å². The first-order chi connectivity index (χ1) is 19.7. The highest BCUT2D eigenvalue weighted by Crippen LogP contribution is 2.40. The average molecular weight is 601 g/mol. The minimum absolute atomic E-state index is 0.109. The van der Waals surface area contributed by atoms with Crippen molar-refractivity contribution in [1.82, 2.24) is 9.97 Å². The Morgan fingerprint density at radius 2 is 1.78 bits per heavy atom. The Bertz CT molecular complexity index is 1420. The zero-order valence-corrected chi connectivity index (χ0v) is 24.6. The van der Waals surface area contributed by atoms with Gasteiger partial charge in [-0.3, -0.25) is 14.5 Å². The van der Waals surface area contributed by atoms with E-state index in [1.165, 1.54) is 31.5 Å². The fraction of sp³-hybridized carbons (Fsp3) is 0.310. The minimum Gasteiger partial charge on any atom is -0.495 e. The van der Waals surface area contributed by atoms with E-state index in [4.69, 9.17) is 37.4 Å². The van der Waals surface area contributed by atoms with Gasteiger partial charge in [0.15, 0.2) is 0 Å². The summed E-state index contributed by atoms with van der Waals surface area (Å²) < 4.78 is 16.1. The Balaban J connectivity index is 1.56. The Morgan fingerprint density at radius 1 is 1.10 bits per heavy atom. The lowest BCUT2D eigenvalue weighted by Gasteiger charge is -2.29. The van der Waals surface area contributed by atoms with Crippen molar-refractivity contribution in [2.24, 2.45) is 0 Å². The van der Waals surface area contributed by atoms with Crippen molar-refractivity contribution in [3.63, 3.8) is 0 Å². The molecule has 10 nitrogen and oxygen atoms in total. The van der Waals surface area contributed by atoms with Crippen LogP contribution in [0, 0.1) is 0 Å². The van der Waals surface area contributed by atoms with Crippen LogP contribution in [-0.4, -0.2) is 69.4 Å². The van der Waals surface area contributed by atoms with Crippen molar-refractivity contribution in [2.45, 2.75) is 12.8 Å². The van der Waals surface area contributed by atoms with E-state index < -0.39 is 0 Å². The predicted octanol–water partition coefficient (Wildman–Crippen LogP) is 4.56. The van der Waals surface area contributed by atoms with E-state index in [-0.39, 0.29) is 28.3 Å². The second kappa shape index (κ2) is 13.7. The van der Waals surface area contributed by atoms with Crippen LogP contribution in [0.3, 0.4) is 0 Å². The van der Waals surface area contributed by atoms with E-state index in [9.17, 15) is 9.59 Å². The number of amides is 2. The molecule has 1 N–H and O–H groups in total. The first-order valence-corrected chi connectivity index (χ1v) is 13.6. The number of nitrogens with one attached hydrogen (secondary N) is 1. The number of carbonyl (C=O) groups is 2. The summed E-state index contributed by atoms with van der Waals surface area (Å²) in [4.78, 5) is 37.8. The molecule has 1 fully saturated rings. The third-order valence-corrected chi connectivity index (χ3v) is 7.53. The van der Waals surface area contributed by atoms with Gasteiger partial charge >= 0.3 is 0 Å². The van der Waals surface area contributed by atoms with Crippen molar-refractivity contribution in [2.75, 3.05) is 62.7 Å². The molecular formula is C29H31Cl2N5O5. The molecule has 2 amide bonds. The maximum atomic E-state index is 13.3. The van der Waals surface area contributed by atoms with Gasteiger partial charge < -0.3 is 24.4 Å². The molecule has 12 heteroatoms. The Morgan fingerprint density at radius 3 is 2.41 bits per heavy atom. The molecule has 4 rings (SSSR count). The minimum atomic E-state index is -0.314. The summed E-state index contributed by atoms with van der Waals surface area (Å²) in [7, 11) is 4.55. The first kappa shape index (κ1) is 30.1. The number of halogens is 2. The number of hydrogen-bond acceptors (Lipinski definition) is 8. The third-order valence-electron chi connectivity index (χ3n) is 6.70. The van der Waals surface area contributed by atoms with E-state index in [1.807, 2.05) is 18.2 Å². The molecular weight excluding hydrogens is 569 g/mol. The van der Waals surface area contributed by atoms with E-state index in [0.717, 1.165) is 24.3 Å². The number of carbonyl (C=O) groups excluding carboxylic acids is 2. The number of ether oxygens (including phenoxy) is 3. The van der Waals surface area contributed by atoms with Crippen LogP contribution in [0.5, 0.6) is 11.5 Å². The van der Waals surface area contributed by atoms with E-state index in [0.29, 0.717) is 53.9 Å². The highest BCUT2D eigenvalue weighted by molar-refractivity contribution is 6.38. The van der Waals surface area contributed by atoms with Crippen molar-refractivity contribution < 1.29 is 23.8 Å². The standard InChI is InChI=1S/C29H31Cl2N5O5/c1-5-26(37)34-22-14-20(36-8-10-41-11-9-36)7-6-18(22)12-19-13-25(33-17-32-19)35(2)27(38)15-21-28(30)23(39-3)16-24(40-4)29(21)31/h5-7,13-14,16-17H,1,8-12,15H2,2-4H3,(H,34,37). The van der Waals surface area contributed by atoms with E-state index in [2.05, 4.69) is 26.8 Å². The second-order valence-electron chi connectivity index (χ2n) is 9.20. The molecule has 0 radical (unpaired) electrons. The SMILES string of the molecule is C=CC(=O)Nc1cc(N2CCOCC2)ccc1Cc1cc(N(C)C(=O)Cc2c(Cl)c(OC)cc(OC)c2Cl)ncn1. The van der Waals surface area contributed by atoms with E-state index >= 15 is 0 Å². The fourth-order valence-corrected chi connectivity index (χ4v) is 5.02. The largest absolute Gasteiger partial charge is 0.495 e. The molecule has 2 heterocycles. The number of methoxy groups -OCH3 is 2. The van der Waals surface area contributed by atoms with Crippen molar-refractivity contribution in [3.05, 3.63) is 76.2 Å².